The van der Waals surface area contributed by atoms with Crippen molar-refractivity contribution >= 4 is 33.3 Å². The zero-order valence-corrected chi connectivity index (χ0v) is 12.2. The molecule has 0 bridgehead atoms. The molecule has 3 heterocycles. The molecule has 2 aromatic rings. The molecule has 2 N–H and O–H groups in total. The van der Waals surface area contributed by atoms with Crippen LogP contribution in [0.25, 0.3) is 10.2 Å². The Kier molecular flexibility index (Phi) is 3.54. The van der Waals surface area contributed by atoms with E-state index in [1.54, 1.807) is 17.7 Å². The Morgan fingerprint density at radius 1 is 1.35 bits per heavy atom. The van der Waals surface area contributed by atoms with E-state index < -0.39 is 0 Å². The topological polar surface area (TPSA) is 75.3 Å². The Morgan fingerprint density at radius 2 is 2.10 bits per heavy atom. The van der Waals surface area contributed by atoms with Crippen LogP contribution in [-0.2, 0) is 4.79 Å². The Labute approximate surface area is 121 Å². The Hall–Kier alpha value is -1.73. The second kappa shape index (κ2) is 5.34. The van der Waals surface area contributed by atoms with Crippen molar-refractivity contribution in [3.8, 4) is 0 Å². The molecular formula is C13H17N5OS. The van der Waals surface area contributed by atoms with Crippen molar-refractivity contribution in [3.63, 3.8) is 0 Å². The standard InChI is InChI=1S/C13H17N5OS/c1-9-6-10-12(15-8-16-13(10)20-9)18-4-2-17(3-5-18)7-11(14)19/h6,8H,2-5,7H2,1H3,(H2,14,19). The van der Waals surface area contributed by atoms with Gasteiger partial charge in [-0.15, -0.1) is 11.3 Å². The quantitative estimate of drug-likeness (QED) is 0.896. The number of carbonyl (C=O) groups excluding carboxylic acids is 1. The minimum absolute atomic E-state index is 0.267. The number of thiophene rings is 1. The van der Waals surface area contributed by atoms with Gasteiger partial charge >= 0.3 is 0 Å². The van der Waals surface area contributed by atoms with E-state index in [4.69, 9.17) is 5.73 Å². The fraction of sp³-hybridized carbons (Fsp3) is 0.462. The van der Waals surface area contributed by atoms with Gasteiger partial charge in [-0.2, -0.15) is 0 Å². The normalized spacial score (nSPS) is 16.8. The number of aromatic nitrogens is 2. The van der Waals surface area contributed by atoms with Crippen molar-refractivity contribution in [3.05, 3.63) is 17.3 Å². The van der Waals surface area contributed by atoms with Crippen LogP contribution in [0.15, 0.2) is 12.4 Å². The van der Waals surface area contributed by atoms with Gasteiger partial charge in [0.1, 0.15) is 17.0 Å². The van der Waals surface area contributed by atoms with Gasteiger partial charge in [0.15, 0.2) is 0 Å². The molecule has 1 amide bonds. The third-order valence-electron chi connectivity index (χ3n) is 3.48. The Balaban J connectivity index is 1.78. The summed E-state index contributed by atoms with van der Waals surface area (Å²) in [6.07, 6.45) is 1.63. The van der Waals surface area contributed by atoms with Crippen molar-refractivity contribution in [2.24, 2.45) is 5.73 Å². The molecule has 6 nitrogen and oxygen atoms in total. The number of rotatable bonds is 3. The van der Waals surface area contributed by atoms with Crippen molar-refractivity contribution in [1.29, 1.82) is 0 Å². The molecule has 3 rings (SSSR count). The number of amides is 1. The summed E-state index contributed by atoms with van der Waals surface area (Å²) in [6.45, 7) is 5.79. The highest BCUT2D eigenvalue weighted by Gasteiger charge is 2.21. The summed E-state index contributed by atoms with van der Waals surface area (Å²) in [5, 5.41) is 1.12. The number of anilines is 1. The number of piperazine rings is 1. The number of carbonyl (C=O) groups is 1. The minimum atomic E-state index is -0.267. The first kappa shape index (κ1) is 13.3. The SMILES string of the molecule is Cc1cc2c(N3CCN(CC(N)=O)CC3)ncnc2s1. The van der Waals surface area contributed by atoms with Crippen molar-refractivity contribution in [2.45, 2.75) is 6.92 Å². The van der Waals surface area contributed by atoms with Crippen molar-refractivity contribution in [1.82, 2.24) is 14.9 Å². The van der Waals surface area contributed by atoms with E-state index in [2.05, 4.69) is 32.8 Å². The summed E-state index contributed by atoms with van der Waals surface area (Å²) < 4.78 is 0. The second-order valence-corrected chi connectivity index (χ2v) is 6.24. The van der Waals surface area contributed by atoms with Crippen LogP contribution in [0.2, 0.25) is 0 Å². The van der Waals surface area contributed by atoms with Gasteiger partial charge in [0.25, 0.3) is 0 Å². The highest BCUT2D eigenvalue weighted by atomic mass is 32.1. The maximum atomic E-state index is 10.9. The average molecular weight is 291 g/mol. The maximum absolute atomic E-state index is 10.9. The summed E-state index contributed by atoms with van der Waals surface area (Å²) in [5.74, 6) is 0.731. The minimum Gasteiger partial charge on any atom is -0.369 e. The summed E-state index contributed by atoms with van der Waals surface area (Å²) in [5.41, 5.74) is 5.23. The molecule has 1 saturated heterocycles. The fourth-order valence-corrected chi connectivity index (χ4v) is 3.40. The van der Waals surface area contributed by atoms with E-state index in [-0.39, 0.29) is 5.91 Å². The lowest BCUT2D eigenvalue weighted by Crippen LogP contribution is -2.49. The number of nitrogens with zero attached hydrogens (tertiary/aromatic N) is 4. The number of fused-ring (bicyclic) bond motifs is 1. The molecule has 2 aromatic heterocycles. The molecule has 0 aromatic carbocycles. The number of aryl methyl sites for hydroxylation is 1. The molecule has 1 fully saturated rings. The second-order valence-electron chi connectivity index (χ2n) is 5.00. The molecule has 0 unspecified atom stereocenters. The largest absolute Gasteiger partial charge is 0.369 e. The van der Waals surface area contributed by atoms with Gasteiger partial charge in [0.2, 0.25) is 5.91 Å². The van der Waals surface area contributed by atoms with Crippen molar-refractivity contribution < 1.29 is 4.79 Å². The molecular weight excluding hydrogens is 274 g/mol. The maximum Gasteiger partial charge on any atom is 0.231 e. The van der Waals surface area contributed by atoms with Gasteiger partial charge in [-0.05, 0) is 13.0 Å². The van der Waals surface area contributed by atoms with Gasteiger partial charge in [-0.1, -0.05) is 0 Å². The van der Waals surface area contributed by atoms with E-state index in [1.165, 1.54) is 4.88 Å². The van der Waals surface area contributed by atoms with Gasteiger partial charge in [-0.25, -0.2) is 9.97 Å². The smallest absolute Gasteiger partial charge is 0.231 e. The van der Waals surface area contributed by atoms with Gasteiger partial charge in [-0.3, -0.25) is 9.69 Å². The summed E-state index contributed by atoms with van der Waals surface area (Å²) in [7, 11) is 0. The summed E-state index contributed by atoms with van der Waals surface area (Å²) >= 11 is 1.69. The Morgan fingerprint density at radius 3 is 2.80 bits per heavy atom. The molecule has 0 atom stereocenters. The summed E-state index contributed by atoms with van der Waals surface area (Å²) in [4.78, 5) is 26.3. The lowest BCUT2D eigenvalue weighted by atomic mass is 10.2. The van der Waals surface area contributed by atoms with Crippen LogP contribution >= 0.6 is 11.3 Å². The van der Waals surface area contributed by atoms with E-state index in [0.29, 0.717) is 6.54 Å². The van der Waals surface area contributed by atoms with Gasteiger partial charge < -0.3 is 10.6 Å². The molecule has 0 radical (unpaired) electrons. The first-order valence-electron chi connectivity index (χ1n) is 6.60. The van der Waals surface area contributed by atoms with E-state index in [9.17, 15) is 4.79 Å². The molecule has 0 aliphatic carbocycles. The molecule has 1 aliphatic heterocycles. The monoisotopic (exact) mass is 291 g/mol. The third kappa shape index (κ3) is 2.59. The van der Waals surface area contributed by atoms with Crippen LogP contribution in [0.5, 0.6) is 0 Å². The first-order chi connectivity index (χ1) is 9.63. The molecule has 7 heteroatoms. The zero-order valence-electron chi connectivity index (χ0n) is 11.4. The molecule has 0 saturated carbocycles. The number of nitrogens with two attached hydrogens (primary N) is 1. The molecule has 0 spiro atoms. The highest BCUT2D eigenvalue weighted by molar-refractivity contribution is 7.18. The lowest BCUT2D eigenvalue weighted by Gasteiger charge is -2.34. The highest BCUT2D eigenvalue weighted by Crippen LogP contribution is 2.30. The third-order valence-corrected chi connectivity index (χ3v) is 4.44. The number of primary amides is 1. The van der Waals surface area contributed by atoms with Gasteiger partial charge in [0, 0.05) is 31.1 Å². The van der Waals surface area contributed by atoms with E-state index in [1.807, 2.05) is 0 Å². The van der Waals surface area contributed by atoms with Crippen LogP contribution in [-0.4, -0.2) is 53.5 Å². The van der Waals surface area contributed by atoms with Crippen LogP contribution in [0, 0.1) is 6.92 Å². The van der Waals surface area contributed by atoms with Crippen molar-refractivity contribution in [2.75, 3.05) is 37.6 Å². The fourth-order valence-electron chi connectivity index (χ4n) is 2.55. The predicted molar refractivity (Wildman–Crippen MR) is 80.0 cm³/mol. The first-order valence-corrected chi connectivity index (χ1v) is 7.42. The van der Waals surface area contributed by atoms with E-state index in [0.717, 1.165) is 42.2 Å². The predicted octanol–water partition coefficient (Wildman–Crippen LogP) is 0.607. The number of hydrogen-bond acceptors (Lipinski definition) is 6. The van der Waals surface area contributed by atoms with Crippen LogP contribution < -0.4 is 10.6 Å². The molecule has 1 aliphatic rings. The molecule has 20 heavy (non-hydrogen) atoms. The average Bonchev–Trinajstić information content (AvgIpc) is 2.79. The number of hydrogen-bond donors (Lipinski definition) is 1. The van der Waals surface area contributed by atoms with E-state index >= 15 is 0 Å². The molecule has 106 valence electrons. The van der Waals surface area contributed by atoms with Crippen LogP contribution in [0.4, 0.5) is 5.82 Å². The van der Waals surface area contributed by atoms with Crippen LogP contribution in [0.3, 0.4) is 0 Å². The lowest BCUT2D eigenvalue weighted by molar-refractivity contribution is -0.119. The van der Waals surface area contributed by atoms with Gasteiger partial charge in [0.05, 0.1) is 11.9 Å². The van der Waals surface area contributed by atoms with Crippen LogP contribution in [0.1, 0.15) is 4.88 Å². The summed E-state index contributed by atoms with van der Waals surface area (Å²) in [6, 6.07) is 2.14. The zero-order chi connectivity index (χ0) is 14.1. The Bertz CT molecular complexity index is 633.